The SMILES string of the molecule is CCN(CC)C1CCNCC1C. The van der Waals surface area contributed by atoms with Crippen molar-refractivity contribution in [2.24, 2.45) is 5.92 Å². The van der Waals surface area contributed by atoms with Crippen molar-refractivity contribution in [2.75, 3.05) is 26.2 Å². The van der Waals surface area contributed by atoms with Crippen LogP contribution < -0.4 is 5.32 Å². The van der Waals surface area contributed by atoms with Crippen molar-refractivity contribution in [3.05, 3.63) is 0 Å². The van der Waals surface area contributed by atoms with Crippen LogP contribution in [-0.2, 0) is 0 Å². The first kappa shape index (κ1) is 10.0. The Balaban J connectivity index is 2.45. The molecule has 2 nitrogen and oxygen atoms in total. The predicted octanol–water partition coefficient (Wildman–Crippen LogP) is 1.33. The van der Waals surface area contributed by atoms with Gasteiger partial charge < -0.3 is 10.2 Å². The summed E-state index contributed by atoms with van der Waals surface area (Å²) in [5.74, 6) is 0.818. The Morgan fingerprint density at radius 2 is 2.00 bits per heavy atom. The summed E-state index contributed by atoms with van der Waals surface area (Å²) in [6.07, 6.45) is 1.32. The molecule has 2 atom stereocenters. The summed E-state index contributed by atoms with van der Waals surface area (Å²) < 4.78 is 0. The van der Waals surface area contributed by atoms with Crippen LogP contribution in [0.1, 0.15) is 27.2 Å². The van der Waals surface area contributed by atoms with Crippen LogP contribution in [-0.4, -0.2) is 37.1 Å². The lowest BCUT2D eigenvalue weighted by Gasteiger charge is -2.37. The second-order valence-corrected chi connectivity index (χ2v) is 3.76. The minimum atomic E-state index is 0.818. The Morgan fingerprint density at radius 1 is 1.33 bits per heavy atom. The Hall–Kier alpha value is -0.0800. The minimum Gasteiger partial charge on any atom is -0.316 e. The van der Waals surface area contributed by atoms with Crippen molar-refractivity contribution in [1.82, 2.24) is 10.2 Å². The molecule has 1 aliphatic heterocycles. The molecule has 0 amide bonds. The predicted molar refractivity (Wildman–Crippen MR) is 53.4 cm³/mol. The molecule has 0 radical (unpaired) electrons. The lowest BCUT2D eigenvalue weighted by Crippen LogP contribution is -2.48. The topological polar surface area (TPSA) is 15.3 Å². The maximum atomic E-state index is 3.44. The summed E-state index contributed by atoms with van der Waals surface area (Å²) in [5.41, 5.74) is 0. The van der Waals surface area contributed by atoms with E-state index in [0.717, 1.165) is 12.0 Å². The van der Waals surface area contributed by atoms with E-state index in [0.29, 0.717) is 0 Å². The van der Waals surface area contributed by atoms with Crippen molar-refractivity contribution < 1.29 is 0 Å². The molecular weight excluding hydrogens is 148 g/mol. The molecule has 0 spiro atoms. The van der Waals surface area contributed by atoms with Gasteiger partial charge >= 0.3 is 0 Å². The van der Waals surface area contributed by atoms with Gasteiger partial charge in [0.05, 0.1) is 0 Å². The molecule has 2 unspecified atom stereocenters. The molecule has 1 N–H and O–H groups in total. The highest BCUT2D eigenvalue weighted by Gasteiger charge is 2.24. The Morgan fingerprint density at radius 3 is 2.50 bits per heavy atom. The molecule has 0 aromatic carbocycles. The van der Waals surface area contributed by atoms with Crippen molar-refractivity contribution in [3.8, 4) is 0 Å². The first-order chi connectivity index (χ1) is 5.79. The normalized spacial score (nSPS) is 31.0. The van der Waals surface area contributed by atoms with Crippen LogP contribution in [0.25, 0.3) is 0 Å². The van der Waals surface area contributed by atoms with E-state index in [4.69, 9.17) is 0 Å². The van der Waals surface area contributed by atoms with Gasteiger partial charge in [-0.15, -0.1) is 0 Å². The monoisotopic (exact) mass is 170 g/mol. The Bertz CT molecular complexity index is 121. The van der Waals surface area contributed by atoms with E-state index in [1.54, 1.807) is 0 Å². The van der Waals surface area contributed by atoms with Crippen LogP contribution in [0, 0.1) is 5.92 Å². The third-order valence-corrected chi connectivity index (χ3v) is 3.02. The summed E-state index contributed by atoms with van der Waals surface area (Å²) in [4.78, 5) is 2.59. The highest BCUT2D eigenvalue weighted by atomic mass is 15.2. The number of hydrogen-bond donors (Lipinski definition) is 1. The van der Waals surface area contributed by atoms with Gasteiger partial charge in [0.15, 0.2) is 0 Å². The summed E-state index contributed by atoms with van der Waals surface area (Å²) in [7, 11) is 0. The van der Waals surface area contributed by atoms with E-state index in [-0.39, 0.29) is 0 Å². The second kappa shape index (κ2) is 4.83. The van der Waals surface area contributed by atoms with Crippen molar-refractivity contribution in [3.63, 3.8) is 0 Å². The lowest BCUT2D eigenvalue weighted by atomic mass is 9.94. The number of rotatable bonds is 3. The number of nitrogens with zero attached hydrogens (tertiary/aromatic N) is 1. The van der Waals surface area contributed by atoms with E-state index in [1.165, 1.54) is 32.6 Å². The molecule has 12 heavy (non-hydrogen) atoms. The summed E-state index contributed by atoms with van der Waals surface area (Å²) in [6, 6.07) is 0.821. The first-order valence-corrected chi connectivity index (χ1v) is 5.24. The van der Waals surface area contributed by atoms with Crippen molar-refractivity contribution >= 4 is 0 Å². The van der Waals surface area contributed by atoms with Crippen LogP contribution in [0.15, 0.2) is 0 Å². The molecule has 0 bridgehead atoms. The van der Waals surface area contributed by atoms with Crippen molar-refractivity contribution in [1.29, 1.82) is 0 Å². The summed E-state index contributed by atoms with van der Waals surface area (Å²) >= 11 is 0. The van der Waals surface area contributed by atoms with Crippen molar-refractivity contribution in [2.45, 2.75) is 33.2 Å². The quantitative estimate of drug-likeness (QED) is 0.687. The zero-order valence-electron chi connectivity index (χ0n) is 8.64. The van der Waals surface area contributed by atoms with Gasteiger partial charge in [-0.05, 0) is 38.5 Å². The molecule has 1 aliphatic rings. The van der Waals surface area contributed by atoms with E-state index >= 15 is 0 Å². The van der Waals surface area contributed by atoms with Gasteiger partial charge in [0.1, 0.15) is 0 Å². The fourth-order valence-corrected chi connectivity index (χ4v) is 2.24. The van der Waals surface area contributed by atoms with E-state index in [2.05, 4.69) is 31.0 Å². The standard InChI is InChI=1S/C10H22N2/c1-4-12(5-2)10-6-7-11-8-9(10)3/h9-11H,4-8H2,1-3H3. The smallest absolute Gasteiger partial charge is 0.0145 e. The second-order valence-electron chi connectivity index (χ2n) is 3.76. The molecule has 0 saturated carbocycles. The first-order valence-electron chi connectivity index (χ1n) is 5.24. The third kappa shape index (κ3) is 2.20. The number of hydrogen-bond acceptors (Lipinski definition) is 2. The number of piperidine rings is 1. The maximum Gasteiger partial charge on any atom is 0.0145 e. The molecule has 1 fully saturated rings. The van der Waals surface area contributed by atoms with E-state index in [1.807, 2.05) is 0 Å². The molecule has 1 rings (SSSR count). The average molecular weight is 170 g/mol. The van der Waals surface area contributed by atoms with Crippen LogP contribution >= 0.6 is 0 Å². The fraction of sp³-hybridized carbons (Fsp3) is 1.00. The van der Waals surface area contributed by atoms with Crippen LogP contribution in [0.4, 0.5) is 0 Å². The molecule has 0 aromatic heterocycles. The van der Waals surface area contributed by atoms with Gasteiger partial charge in [0, 0.05) is 6.04 Å². The molecular formula is C10H22N2. The van der Waals surface area contributed by atoms with Gasteiger partial charge in [-0.2, -0.15) is 0 Å². The lowest BCUT2D eigenvalue weighted by molar-refractivity contribution is 0.132. The van der Waals surface area contributed by atoms with Gasteiger partial charge in [0.2, 0.25) is 0 Å². The Kier molecular flexibility index (Phi) is 4.02. The largest absolute Gasteiger partial charge is 0.316 e. The van der Waals surface area contributed by atoms with Crippen LogP contribution in [0.5, 0.6) is 0 Å². The maximum absolute atomic E-state index is 3.44. The zero-order chi connectivity index (χ0) is 8.97. The molecule has 0 aliphatic carbocycles. The molecule has 1 saturated heterocycles. The van der Waals surface area contributed by atoms with Crippen LogP contribution in [0.2, 0.25) is 0 Å². The molecule has 1 heterocycles. The van der Waals surface area contributed by atoms with E-state index < -0.39 is 0 Å². The Labute approximate surface area is 76.3 Å². The summed E-state index contributed by atoms with van der Waals surface area (Å²) in [5, 5.41) is 3.44. The van der Waals surface area contributed by atoms with Crippen LogP contribution in [0.3, 0.4) is 0 Å². The molecule has 72 valence electrons. The highest BCUT2D eigenvalue weighted by molar-refractivity contribution is 4.81. The summed E-state index contributed by atoms with van der Waals surface area (Å²) in [6.45, 7) is 11.7. The van der Waals surface area contributed by atoms with E-state index in [9.17, 15) is 0 Å². The van der Waals surface area contributed by atoms with Gasteiger partial charge in [-0.25, -0.2) is 0 Å². The number of nitrogens with one attached hydrogen (secondary N) is 1. The molecule has 0 aromatic rings. The zero-order valence-corrected chi connectivity index (χ0v) is 8.64. The average Bonchev–Trinajstić information content (AvgIpc) is 2.10. The van der Waals surface area contributed by atoms with Gasteiger partial charge in [0.25, 0.3) is 0 Å². The third-order valence-electron chi connectivity index (χ3n) is 3.02. The fourth-order valence-electron chi connectivity index (χ4n) is 2.24. The van der Waals surface area contributed by atoms with Gasteiger partial charge in [-0.3, -0.25) is 0 Å². The van der Waals surface area contributed by atoms with Gasteiger partial charge in [-0.1, -0.05) is 20.8 Å². The highest BCUT2D eigenvalue weighted by Crippen LogP contribution is 2.16. The molecule has 2 heteroatoms. The minimum absolute atomic E-state index is 0.818.